The number of nitrogens with zero attached hydrogens (tertiary/aromatic N) is 1. The smallest absolute Gasteiger partial charge is 0.271 e. The van der Waals surface area contributed by atoms with Gasteiger partial charge in [0.15, 0.2) is 0 Å². The van der Waals surface area contributed by atoms with Crippen LogP contribution in [0.25, 0.3) is 11.0 Å². The largest absolute Gasteiger partial charge is 0.461 e. The fraction of sp³-hybridized carbons (Fsp3) is 0.444. The van der Waals surface area contributed by atoms with Crippen LogP contribution in [-0.4, -0.2) is 14.3 Å². The molecule has 0 N–H and O–H groups in total. The Morgan fingerprint density at radius 2 is 1.70 bits per heavy atom. The lowest BCUT2D eigenvalue weighted by molar-refractivity contribution is -0.122. The highest BCUT2D eigenvalue weighted by Crippen LogP contribution is 2.37. The van der Waals surface area contributed by atoms with Crippen LogP contribution in [0.5, 0.6) is 0 Å². The lowest BCUT2D eigenvalue weighted by Crippen LogP contribution is -2.41. The van der Waals surface area contributed by atoms with E-state index >= 15 is 0 Å². The van der Waals surface area contributed by atoms with E-state index < -0.39 is 10.0 Å². The van der Waals surface area contributed by atoms with Crippen molar-refractivity contribution in [3.63, 3.8) is 0 Å². The van der Waals surface area contributed by atoms with Gasteiger partial charge in [0.25, 0.3) is 10.0 Å². The maximum Gasteiger partial charge on any atom is 0.271 e. The molecule has 1 saturated carbocycles. The van der Waals surface area contributed by atoms with Crippen LogP contribution in [0, 0.1) is 19.8 Å². The third-order valence-corrected chi connectivity index (χ3v) is 9.06. The maximum atomic E-state index is 14.0. The van der Waals surface area contributed by atoms with E-state index in [1.54, 1.807) is 25.1 Å². The van der Waals surface area contributed by atoms with E-state index in [2.05, 4.69) is 0 Å². The number of furan rings is 1. The number of fused-ring (bicyclic) bond motifs is 3. The van der Waals surface area contributed by atoms with Gasteiger partial charge in [-0.1, -0.05) is 31.4 Å². The highest BCUT2D eigenvalue weighted by Gasteiger charge is 2.37. The Kier molecular flexibility index (Phi) is 5.81. The summed E-state index contributed by atoms with van der Waals surface area (Å²) in [6, 6.07) is 10.8. The zero-order valence-corrected chi connectivity index (χ0v) is 20.2. The van der Waals surface area contributed by atoms with Crippen LogP contribution >= 0.6 is 0 Å². The van der Waals surface area contributed by atoms with Crippen molar-refractivity contribution in [2.24, 2.45) is 5.92 Å². The van der Waals surface area contributed by atoms with E-state index in [1.165, 1.54) is 0 Å². The Balaban J connectivity index is 1.67. The summed E-state index contributed by atoms with van der Waals surface area (Å²) in [7, 11) is -4.08. The third kappa shape index (κ3) is 3.99. The van der Waals surface area contributed by atoms with E-state index in [4.69, 9.17) is 4.42 Å². The van der Waals surface area contributed by atoms with Crippen LogP contribution in [0.2, 0.25) is 0 Å². The molecule has 0 unspecified atom stereocenters. The number of anilines is 1. The maximum absolute atomic E-state index is 14.0. The molecule has 6 heteroatoms. The summed E-state index contributed by atoms with van der Waals surface area (Å²) in [5.41, 5.74) is 3.83. The number of rotatable bonds is 4. The monoisotopic (exact) mass is 465 g/mol. The fourth-order valence-electron chi connectivity index (χ4n) is 5.36. The molecule has 1 amide bonds. The second kappa shape index (κ2) is 8.64. The van der Waals surface area contributed by atoms with Crippen molar-refractivity contribution < 1.29 is 17.6 Å². The van der Waals surface area contributed by atoms with Crippen molar-refractivity contribution in [3.05, 3.63) is 58.8 Å². The zero-order valence-electron chi connectivity index (χ0n) is 19.4. The van der Waals surface area contributed by atoms with Gasteiger partial charge in [0.05, 0.1) is 10.6 Å². The summed E-state index contributed by atoms with van der Waals surface area (Å²) in [5.74, 6) is 0.413. The molecule has 0 bridgehead atoms. The molecule has 2 aliphatic carbocycles. The van der Waals surface area contributed by atoms with Gasteiger partial charge in [0.1, 0.15) is 11.3 Å². The molecule has 1 aromatic heterocycles. The number of carbonyl (C=O) groups excluding carboxylic acids is 1. The standard InChI is InChI=1S/C27H31NO4S/c1-18-12-13-19(2)26(16-18)33(30,31)28(27(29)20-8-4-3-5-9-20)21-14-15-25-23(17-21)22-10-6-7-11-24(22)32-25/h12-17,20H,3-11H2,1-2H3. The molecule has 3 aromatic rings. The molecular weight excluding hydrogens is 434 g/mol. The van der Waals surface area contributed by atoms with Gasteiger partial charge in [-0.15, -0.1) is 0 Å². The van der Waals surface area contributed by atoms with Crippen molar-refractivity contribution in [1.82, 2.24) is 0 Å². The number of carbonyl (C=O) groups is 1. The Bertz CT molecular complexity index is 1320. The summed E-state index contributed by atoms with van der Waals surface area (Å²) in [6.45, 7) is 3.65. The van der Waals surface area contributed by atoms with Crippen LogP contribution in [0.1, 0.15) is 67.4 Å². The Morgan fingerprint density at radius 1 is 0.939 bits per heavy atom. The Morgan fingerprint density at radius 3 is 2.48 bits per heavy atom. The zero-order chi connectivity index (χ0) is 23.2. The number of sulfonamides is 1. The number of aryl methyl sites for hydroxylation is 4. The molecule has 0 radical (unpaired) electrons. The Labute approximate surface area is 195 Å². The van der Waals surface area contributed by atoms with E-state index in [-0.39, 0.29) is 16.7 Å². The quantitative estimate of drug-likeness (QED) is 0.458. The van der Waals surface area contributed by atoms with Crippen LogP contribution in [-0.2, 0) is 27.7 Å². The normalized spacial score (nSPS) is 17.2. The molecule has 5 nitrogen and oxygen atoms in total. The summed E-state index contributed by atoms with van der Waals surface area (Å²) >= 11 is 0. The minimum atomic E-state index is -4.08. The molecule has 0 saturated heterocycles. The van der Waals surface area contributed by atoms with Crippen LogP contribution in [0.3, 0.4) is 0 Å². The topological polar surface area (TPSA) is 67.6 Å². The van der Waals surface area contributed by atoms with Gasteiger partial charge in [0.2, 0.25) is 5.91 Å². The molecule has 0 spiro atoms. The summed E-state index contributed by atoms with van der Waals surface area (Å²) < 4.78 is 35.2. The number of hydrogen-bond donors (Lipinski definition) is 0. The van der Waals surface area contributed by atoms with Crippen molar-refractivity contribution in [2.45, 2.75) is 76.5 Å². The molecule has 1 fully saturated rings. The van der Waals surface area contributed by atoms with Gasteiger partial charge in [-0.3, -0.25) is 4.79 Å². The average molecular weight is 466 g/mol. The summed E-state index contributed by atoms with van der Waals surface area (Å²) in [6.07, 6.45) is 8.52. The number of benzene rings is 2. The van der Waals surface area contributed by atoms with Gasteiger partial charge in [-0.2, -0.15) is 0 Å². The number of amides is 1. The molecule has 1 heterocycles. The number of hydrogen-bond acceptors (Lipinski definition) is 4. The van der Waals surface area contributed by atoms with E-state index in [0.717, 1.165) is 89.9 Å². The second-order valence-electron chi connectivity index (χ2n) is 9.60. The molecule has 2 aromatic carbocycles. The lowest BCUT2D eigenvalue weighted by atomic mass is 9.88. The van der Waals surface area contributed by atoms with E-state index in [9.17, 15) is 13.2 Å². The average Bonchev–Trinajstić information content (AvgIpc) is 3.19. The van der Waals surface area contributed by atoms with Crippen molar-refractivity contribution in [1.29, 1.82) is 0 Å². The van der Waals surface area contributed by atoms with Crippen molar-refractivity contribution >= 4 is 32.6 Å². The second-order valence-corrected chi connectivity index (χ2v) is 11.4. The molecule has 33 heavy (non-hydrogen) atoms. The van der Waals surface area contributed by atoms with Crippen LogP contribution in [0.4, 0.5) is 5.69 Å². The first-order chi connectivity index (χ1) is 15.9. The summed E-state index contributed by atoms with van der Waals surface area (Å²) in [5, 5.41) is 0.930. The van der Waals surface area contributed by atoms with E-state index in [0.29, 0.717) is 11.3 Å². The first kappa shape index (κ1) is 22.2. The molecular formula is C27H31NO4S. The van der Waals surface area contributed by atoms with E-state index in [1.807, 2.05) is 25.1 Å². The highest BCUT2D eigenvalue weighted by atomic mass is 32.2. The minimum Gasteiger partial charge on any atom is -0.461 e. The predicted octanol–water partition coefficient (Wildman–Crippen LogP) is 6.23. The van der Waals surface area contributed by atoms with Crippen molar-refractivity contribution in [3.8, 4) is 0 Å². The van der Waals surface area contributed by atoms with Crippen molar-refractivity contribution in [2.75, 3.05) is 4.31 Å². The van der Waals surface area contributed by atoms with Crippen LogP contribution < -0.4 is 4.31 Å². The Hall–Kier alpha value is -2.60. The van der Waals surface area contributed by atoms with Gasteiger partial charge >= 0.3 is 0 Å². The molecule has 2 aliphatic rings. The fourth-order valence-corrected chi connectivity index (χ4v) is 7.14. The summed E-state index contributed by atoms with van der Waals surface area (Å²) in [4.78, 5) is 14.0. The lowest BCUT2D eigenvalue weighted by Gasteiger charge is -2.29. The molecule has 174 valence electrons. The van der Waals surface area contributed by atoms with Gasteiger partial charge in [-0.25, -0.2) is 12.7 Å². The molecule has 0 aliphatic heterocycles. The van der Waals surface area contributed by atoms with Gasteiger partial charge < -0.3 is 4.42 Å². The highest BCUT2D eigenvalue weighted by molar-refractivity contribution is 7.93. The first-order valence-corrected chi connectivity index (χ1v) is 13.5. The van der Waals surface area contributed by atoms with Gasteiger partial charge in [0, 0.05) is 23.3 Å². The first-order valence-electron chi connectivity index (χ1n) is 12.1. The predicted molar refractivity (Wildman–Crippen MR) is 130 cm³/mol. The van der Waals surface area contributed by atoms with Gasteiger partial charge in [-0.05, 0) is 81.3 Å². The van der Waals surface area contributed by atoms with Crippen LogP contribution in [0.15, 0.2) is 45.7 Å². The SMILES string of the molecule is Cc1ccc(C)c(S(=O)(=O)N(C(=O)C2CCCCC2)c2ccc3oc4c(c3c2)CCCC4)c1. The molecule has 5 rings (SSSR count). The third-order valence-electron chi connectivity index (χ3n) is 7.19. The minimum absolute atomic E-state index is 0.195. The molecule has 0 atom stereocenters.